The van der Waals surface area contributed by atoms with Gasteiger partial charge in [-0.15, -0.1) is 0 Å². The summed E-state index contributed by atoms with van der Waals surface area (Å²) in [5.74, 6) is -1.74. The molecule has 3 heteroatoms. The number of hydrogen-bond donors (Lipinski definition) is 0. The van der Waals surface area contributed by atoms with E-state index in [2.05, 4.69) is 0 Å². The zero-order valence-corrected chi connectivity index (χ0v) is 7.13. The summed E-state index contributed by atoms with van der Waals surface area (Å²) in [5, 5.41) is 0. The Morgan fingerprint density at radius 3 is 2.42 bits per heavy atom. The first kappa shape index (κ1) is 9.10. The van der Waals surface area contributed by atoms with Gasteiger partial charge in [-0.3, -0.25) is 14.4 Å². The van der Waals surface area contributed by atoms with Crippen molar-refractivity contribution in [2.24, 2.45) is 5.92 Å². The first-order valence-corrected chi connectivity index (χ1v) is 4.26. The first-order valence-electron chi connectivity index (χ1n) is 4.26. The van der Waals surface area contributed by atoms with E-state index in [-0.39, 0.29) is 12.2 Å². The standard InChI is InChI=1S/C9H12O3/c1-2-3-4-6-7(10)5-8(11)9(6)12/h6H,2-5H2,1H3/t6-/m0/s1. The van der Waals surface area contributed by atoms with E-state index in [1.54, 1.807) is 0 Å². The van der Waals surface area contributed by atoms with Crippen LogP contribution in [0.25, 0.3) is 0 Å². The maximum Gasteiger partial charge on any atom is 0.209 e. The number of hydrogen-bond acceptors (Lipinski definition) is 3. The molecule has 1 rings (SSSR count). The smallest absolute Gasteiger partial charge is 0.209 e. The molecule has 1 aliphatic carbocycles. The van der Waals surface area contributed by atoms with E-state index >= 15 is 0 Å². The number of carbonyl (C=O) groups is 3. The zero-order valence-electron chi connectivity index (χ0n) is 7.13. The van der Waals surface area contributed by atoms with Crippen LogP contribution in [0.3, 0.4) is 0 Å². The third-order valence-electron chi connectivity index (χ3n) is 2.16. The topological polar surface area (TPSA) is 51.2 Å². The second-order valence-electron chi connectivity index (χ2n) is 3.13. The van der Waals surface area contributed by atoms with Crippen LogP contribution in [0.1, 0.15) is 32.6 Å². The Kier molecular flexibility index (Phi) is 2.74. The average molecular weight is 168 g/mol. The van der Waals surface area contributed by atoms with Crippen LogP contribution in [0.2, 0.25) is 0 Å². The SMILES string of the molecule is CCCC[C@H]1C(=O)CC(=O)C1=O. The quantitative estimate of drug-likeness (QED) is 0.464. The Hall–Kier alpha value is -0.990. The highest BCUT2D eigenvalue weighted by Crippen LogP contribution is 2.20. The molecule has 0 spiro atoms. The third-order valence-corrected chi connectivity index (χ3v) is 2.16. The van der Waals surface area contributed by atoms with E-state index in [9.17, 15) is 14.4 Å². The van der Waals surface area contributed by atoms with Gasteiger partial charge in [0.15, 0.2) is 5.78 Å². The van der Waals surface area contributed by atoms with Gasteiger partial charge in [-0.05, 0) is 6.42 Å². The average Bonchev–Trinajstić information content (AvgIpc) is 2.25. The normalized spacial score (nSPS) is 23.8. The number of ketones is 3. The molecule has 3 nitrogen and oxygen atoms in total. The summed E-state index contributed by atoms with van der Waals surface area (Å²) in [6.07, 6.45) is 2.19. The van der Waals surface area contributed by atoms with Crippen molar-refractivity contribution in [3.05, 3.63) is 0 Å². The van der Waals surface area contributed by atoms with Crippen molar-refractivity contribution in [3.63, 3.8) is 0 Å². The number of carbonyl (C=O) groups excluding carboxylic acids is 3. The molecular formula is C9H12O3. The maximum atomic E-state index is 11.1. The summed E-state index contributed by atoms with van der Waals surface area (Å²) in [6, 6.07) is 0. The van der Waals surface area contributed by atoms with E-state index in [0.29, 0.717) is 6.42 Å². The minimum atomic E-state index is -0.600. The van der Waals surface area contributed by atoms with Crippen molar-refractivity contribution >= 4 is 17.3 Å². The Morgan fingerprint density at radius 1 is 1.33 bits per heavy atom. The molecule has 0 heterocycles. The molecule has 0 aromatic rings. The predicted octanol–water partition coefficient (Wildman–Crippen LogP) is 0.904. The number of unbranched alkanes of at least 4 members (excludes halogenated alkanes) is 1. The second kappa shape index (κ2) is 3.61. The van der Waals surface area contributed by atoms with E-state index < -0.39 is 17.5 Å². The molecule has 0 aromatic heterocycles. The minimum Gasteiger partial charge on any atom is -0.298 e. The first-order chi connectivity index (χ1) is 5.66. The van der Waals surface area contributed by atoms with Crippen molar-refractivity contribution < 1.29 is 14.4 Å². The van der Waals surface area contributed by atoms with Gasteiger partial charge in [0, 0.05) is 0 Å². The molecule has 1 aliphatic rings. The number of Topliss-reactive ketones (excluding diaryl/α,β-unsaturated/α-hetero) is 3. The van der Waals surface area contributed by atoms with E-state index in [1.807, 2.05) is 6.92 Å². The van der Waals surface area contributed by atoms with Gasteiger partial charge in [-0.25, -0.2) is 0 Å². The molecule has 66 valence electrons. The largest absolute Gasteiger partial charge is 0.298 e. The fourth-order valence-electron chi connectivity index (χ4n) is 1.41. The predicted molar refractivity (Wildman–Crippen MR) is 42.7 cm³/mol. The Labute approximate surface area is 71.1 Å². The van der Waals surface area contributed by atoms with Gasteiger partial charge in [-0.1, -0.05) is 19.8 Å². The number of rotatable bonds is 3. The van der Waals surface area contributed by atoms with Crippen LogP contribution in [0.15, 0.2) is 0 Å². The molecule has 0 aliphatic heterocycles. The van der Waals surface area contributed by atoms with Crippen LogP contribution in [0.5, 0.6) is 0 Å². The maximum absolute atomic E-state index is 11.1. The molecule has 0 N–H and O–H groups in total. The minimum absolute atomic E-state index is 0.160. The van der Waals surface area contributed by atoms with E-state index in [1.165, 1.54) is 0 Å². The van der Waals surface area contributed by atoms with Crippen LogP contribution >= 0.6 is 0 Å². The van der Waals surface area contributed by atoms with E-state index in [4.69, 9.17) is 0 Å². The molecular weight excluding hydrogens is 156 g/mol. The van der Waals surface area contributed by atoms with Crippen molar-refractivity contribution in [3.8, 4) is 0 Å². The second-order valence-corrected chi connectivity index (χ2v) is 3.13. The van der Waals surface area contributed by atoms with Gasteiger partial charge in [0.1, 0.15) is 0 Å². The van der Waals surface area contributed by atoms with Crippen molar-refractivity contribution in [2.75, 3.05) is 0 Å². The molecule has 1 fully saturated rings. The summed E-state index contributed by atoms with van der Waals surface area (Å²) < 4.78 is 0. The van der Waals surface area contributed by atoms with Crippen LogP contribution in [0.4, 0.5) is 0 Å². The van der Waals surface area contributed by atoms with Crippen molar-refractivity contribution in [2.45, 2.75) is 32.6 Å². The highest BCUT2D eigenvalue weighted by atomic mass is 16.2. The van der Waals surface area contributed by atoms with Gasteiger partial charge in [0.05, 0.1) is 12.3 Å². The molecule has 12 heavy (non-hydrogen) atoms. The lowest BCUT2D eigenvalue weighted by molar-refractivity contribution is -0.136. The molecule has 1 atom stereocenters. The Balaban J connectivity index is 2.58. The fourth-order valence-corrected chi connectivity index (χ4v) is 1.41. The molecule has 0 radical (unpaired) electrons. The summed E-state index contributed by atoms with van der Waals surface area (Å²) in [5.41, 5.74) is 0. The molecule has 0 saturated heterocycles. The zero-order chi connectivity index (χ0) is 9.14. The van der Waals surface area contributed by atoms with Crippen molar-refractivity contribution in [1.29, 1.82) is 0 Å². The van der Waals surface area contributed by atoms with Gasteiger partial charge in [0.2, 0.25) is 11.6 Å². The molecule has 0 bridgehead atoms. The highest BCUT2D eigenvalue weighted by Gasteiger charge is 2.38. The van der Waals surface area contributed by atoms with Crippen LogP contribution in [0, 0.1) is 5.92 Å². The lowest BCUT2D eigenvalue weighted by Gasteiger charge is -2.02. The van der Waals surface area contributed by atoms with Crippen LogP contribution in [-0.2, 0) is 14.4 Å². The Bertz CT molecular complexity index is 230. The lowest BCUT2D eigenvalue weighted by atomic mass is 9.99. The summed E-state index contributed by atoms with van der Waals surface area (Å²) in [4.78, 5) is 32.9. The fraction of sp³-hybridized carbons (Fsp3) is 0.667. The van der Waals surface area contributed by atoms with Crippen LogP contribution < -0.4 is 0 Å². The monoisotopic (exact) mass is 168 g/mol. The molecule has 1 saturated carbocycles. The highest BCUT2D eigenvalue weighted by molar-refractivity contribution is 6.49. The van der Waals surface area contributed by atoms with Gasteiger partial charge < -0.3 is 0 Å². The summed E-state index contributed by atoms with van der Waals surface area (Å²) in [7, 11) is 0. The van der Waals surface area contributed by atoms with Gasteiger partial charge in [0.25, 0.3) is 0 Å². The summed E-state index contributed by atoms with van der Waals surface area (Å²) >= 11 is 0. The lowest BCUT2D eigenvalue weighted by Crippen LogP contribution is -2.16. The van der Waals surface area contributed by atoms with E-state index in [0.717, 1.165) is 12.8 Å². The van der Waals surface area contributed by atoms with Crippen molar-refractivity contribution in [1.82, 2.24) is 0 Å². The third kappa shape index (κ3) is 1.60. The van der Waals surface area contributed by atoms with Gasteiger partial charge in [-0.2, -0.15) is 0 Å². The molecule has 0 unspecified atom stereocenters. The van der Waals surface area contributed by atoms with Crippen LogP contribution in [-0.4, -0.2) is 17.3 Å². The molecule has 0 aromatic carbocycles. The van der Waals surface area contributed by atoms with Gasteiger partial charge >= 0.3 is 0 Å². The molecule has 0 amide bonds. The summed E-state index contributed by atoms with van der Waals surface area (Å²) in [6.45, 7) is 1.99. The Morgan fingerprint density at radius 2 is 2.00 bits per heavy atom.